The Hall–Kier alpha value is -2.68. The van der Waals surface area contributed by atoms with E-state index >= 15 is 0 Å². The number of hydrogen-bond acceptors (Lipinski definition) is 6. The van der Waals surface area contributed by atoms with E-state index in [2.05, 4.69) is 38.4 Å². The van der Waals surface area contributed by atoms with E-state index in [1.807, 2.05) is 12.1 Å². The maximum atomic E-state index is 8.81. The van der Waals surface area contributed by atoms with E-state index < -0.39 is 0 Å². The van der Waals surface area contributed by atoms with E-state index in [1.54, 1.807) is 18.3 Å². The van der Waals surface area contributed by atoms with Gasteiger partial charge in [-0.15, -0.1) is 5.10 Å². The lowest BCUT2D eigenvalue weighted by Gasteiger charge is -2.31. The minimum atomic E-state index is 0.473. The first kappa shape index (κ1) is 14.3. The van der Waals surface area contributed by atoms with Gasteiger partial charge in [0.25, 0.3) is 0 Å². The van der Waals surface area contributed by atoms with Crippen molar-refractivity contribution < 1.29 is 0 Å². The monoisotopic (exact) mass is 294 g/mol. The smallest absolute Gasteiger partial charge is 0.249 e. The van der Waals surface area contributed by atoms with Gasteiger partial charge < -0.3 is 10.2 Å². The minimum Gasteiger partial charge on any atom is -0.355 e. The Morgan fingerprint density at radius 2 is 2.14 bits per heavy atom. The third kappa shape index (κ3) is 3.31. The van der Waals surface area contributed by atoms with Crippen LogP contribution in [0.4, 0.5) is 17.5 Å². The van der Waals surface area contributed by atoms with Crippen LogP contribution >= 0.6 is 0 Å². The molecule has 3 rings (SSSR count). The van der Waals surface area contributed by atoms with E-state index in [4.69, 9.17) is 5.26 Å². The summed E-state index contributed by atoms with van der Waals surface area (Å²) in [5.41, 5.74) is 1.46. The van der Waals surface area contributed by atoms with E-state index in [-0.39, 0.29) is 0 Å². The summed E-state index contributed by atoms with van der Waals surface area (Å²) >= 11 is 0. The van der Waals surface area contributed by atoms with Crippen molar-refractivity contribution in [1.82, 2.24) is 15.2 Å². The van der Waals surface area contributed by atoms with E-state index in [0.29, 0.717) is 17.4 Å². The topological polar surface area (TPSA) is 77.7 Å². The molecule has 0 aliphatic carbocycles. The zero-order valence-electron chi connectivity index (χ0n) is 12.5. The van der Waals surface area contributed by atoms with Crippen LogP contribution in [0.25, 0.3) is 0 Å². The van der Waals surface area contributed by atoms with Crippen molar-refractivity contribution in [1.29, 1.82) is 5.26 Å². The fourth-order valence-corrected chi connectivity index (χ4v) is 2.65. The van der Waals surface area contributed by atoms with Crippen LogP contribution in [0.3, 0.4) is 0 Å². The van der Waals surface area contributed by atoms with E-state index in [9.17, 15) is 0 Å². The van der Waals surface area contributed by atoms with Gasteiger partial charge in [-0.25, -0.2) is 0 Å². The molecule has 6 heteroatoms. The van der Waals surface area contributed by atoms with Crippen LogP contribution in [0.2, 0.25) is 0 Å². The molecule has 0 bridgehead atoms. The van der Waals surface area contributed by atoms with Gasteiger partial charge in [0.2, 0.25) is 5.95 Å². The Kier molecular flexibility index (Phi) is 4.15. The molecule has 112 valence electrons. The van der Waals surface area contributed by atoms with Gasteiger partial charge >= 0.3 is 0 Å². The maximum absolute atomic E-state index is 8.81. The summed E-state index contributed by atoms with van der Waals surface area (Å²) in [6.07, 6.45) is 4.16. The molecule has 1 unspecified atom stereocenters. The molecule has 0 radical (unpaired) electrons. The zero-order valence-corrected chi connectivity index (χ0v) is 12.5. The van der Waals surface area contributed by atoms with Crippen LogP contribution in [0.15, 0.2) is 30.5 Å². The van der Waals surface area contributed by atoms with Gasteiger partial charge in [-0.1, -0.05) is 6.92 Å². The predicted octanol–water partition coefficient (Wildman–Crippen LogP) is 2.72. The highest BCUT2D eigenvalue weighted by molar-refractivity contribution is 5.55. The molecule has 22 heavy (non-hydrogen) atoms. The maximum Gasteiger partial charge on any atom is 0.249 e. The first-order valence-corrected chi connectivity index (χ1v) is 7.46. The van der Waals surface area contributed by atoms with Crippen LogP contribution in [-0.2, 0) is 0 Å². The molecule has 1 N–H and O–H groups in total. The molecule has 1 atom stereocenters. The summed E-state index contributed by atoms with van der Waals surface area (Å²) < 4.78 is 0. The van der Waals surface area contributed by atoms with Gasteiger partial charge in [-0.3, -0.25) is 0 Å². The molecule has 0 saturated carbocycles. The number of rotatable bonds is 3. The Bertz CT molecular complexity index is 676. The number of nitrogens with zero attached hydrogens (tertiary/aromatic N) is 5. The predicted molar refractivity (Wildman–Crippen MR) is 84.9 cm³/mol. The minimum absolute atomic E-state index is 0.473. The molecule has 1 aromatic carbocycles. The van der Waals surface area contributed by atoms with Crippen LogP contribution in [-0.4, -0.2) is 28.3 Å². The van der Waals surface area contributed by atoms with Crippen LogP contribution in [0, 0.1) is 17.2 Å². The Labute approximate surface area is 129 Å². The van der Waals surface area contributed by atoms with Crippen LogP contribution in [0.5, 0.6) is 0 Å². The first-order valence-electron chi connectivity index (χ1n) is 7.46. The standard InChI is InChI=1S/C16H18N6/c1-12-3-2-8-22(11-12)15-10-18-21-16(20-15)19-14-6-4-13(9-17)5-7-14/h4-7,10,12H,2-3,8,11H2,1H3,(H,19,20,21). The van der Waals surface area contributed by atoms with Gasteiger partial charge in [-0.05, 0) is 43.0 Å². The molecule has 1 saturated heterocycles. The van der Waals surface area contributed by atoms with Crippen molar-refractivity contribution in [2.75, 3.05) is 23.3 Å². The van der Waals surface area contributed by atoms with Gasteiger partial charge in [0.05, 0.1) is 17.8 Å². The van der Waals surface area contributed by atoms with E-state index in [0.717, 1.165) is 24.6 Å². The molecular weight excluding hydrogens is 276 g/mol. The third-order valence-corrected chi connectivity index (χ3v) is 3.80. The average Bonchev–Trinajstić information content (AvgIpc) is 2.56. The van der Waals surface area contributed by atoms with Crippen molar-refractivity contribution in [3.8, 4) is 6.07 Å². The van der Waals surface area contributed by atoms with Gasteiger partial charge in [-0.2, -0.15) is 15.3 Å². The Balaban J connectivity index is 1.74. The summed E-state index contributed by atoms with van der Waals surface area (Å²) in [5.74, 6) is 2.01. The lowest BCUT2D eigenvalue weighted by atomic mass is 10.0. The Morgan fingerprint density at radius 1 is 1.32 bits per heavy atom. The second-order valence-corrected chi connectivity index (χ2v) is 5.65. The lowest BCUT2D eigenvalue weighted by molar-refractivity contribution is 0.444. The van der Waals surface area contributed by atoms with E-state index in [1.165, 1.54) is 12.8 Å². The van der Waals surface area contributed by atoms with Crippen molar-refractivity contribution in [2.45, 2.75) is 19.8 Å². The van der Waals surface area contributed by atoms with Crippen LogP contribution < -0.4 is 10.2 Å². The Morgan fingerprint density at radius 3 is 2.86 bits per heavy atom. The van der Waals surface area contributed by atoms with Gasteiger partial charge in [0, 0.05) is 18.8 Å². The highest BCUT2D eigenvalue weighted by Crippen LogP contribution is 2.22. The number of anilines is 3. The quantitative estimate of drug-likeness (QED) is 0.937. The molecule has 1 aliphatic heterocycles. The van der Waals surface area contributed by atoms with Crippen LogP contribution in [0.1, 0.15) is 25.3 Å². The molecule has 0 spiro atoms. The number of nitriles is 1. The van der Waals surface area contributed by atoms with Gasteiger partial charge in [0.15, 0.2) is 5.82 Å². The number of piperidine rings is 1. The molecule has 6 nitrogen and oxygen atoms in total. The van der Waals surface area contributed by atoms with Crippen molar-refractivity contribution in [3.05, 3.63) is 36.0 Å². The summed E-state index contributed by atoms with van der Waals surface area (Å²) in [6, 6.07) is 9.27. The largest absolute Gasteiger partial charge is 0.355 e. The van der Waals surface area contributed by atoms with Crippen molar-refractivity contribution in [2.24, 2.45) is 5.92 Å². The summed E-state index contributed by atoms with van der Waals surface area (Å²) in [6.45, 7) is 4.28. The fraction of sp³-hybridized carbons (Fsp3) is 0.375. The molecule has 1 aromatic heterocycles. The van der Waals surface area contributed by atoms with Crippen molar-refractivity contribution >= 4 is 17.5 Å². The second kappa shape index (κ2) is 6.39. The number of benzene rings is 1. The summed E-state index contributed by atoms with van der Waals surface area (Å²) in [5, 5.41) is 20.0. The van der Waals surface area contributed by atoms with Crippen molar-refractivity contribution in [3.63, 3.8) is 0 Å². The first-order chi connectivity index (χ1) is 10.7. The number of hydrogen-bond donors (Lipinski definition) is 1. The SMILES string of the molecule is CC1CCCN(c2cnnc(Nc3ccc(C#N)cc3)n2)C1. The molecule has 1 aliphatic rings. The summed E-state index contributed by atoms with van der Waals surface area (Å²) in [7, 11) is 0. The highest BCUT2D eigenvalue weighted by Gasteiger charge is 2.18. The normalized spacial score (nSPS) is 17.8. The molecule has 1 fully saturated rings. The summed E-state index contributed by atoms with van der Waals surface area (Å²) in [4.78, 5) is 6.80. The fourth-order valence-electron chi connectivity index (χ4n) is 2.65. The number of nitrogens with one attached hydrogen (secondary N) is 1. The average molecular weight is 294 g/mol. The third-order valence-electron chi connectivity index (χ3n) is 3.80. The molecule has 2 aromatic rings. The molecule has 0 amide bonds. The number of aromatic nitrogens is 3. The van der Waals surface area contributed by atoms with Gasteiger partial charge in [0.1, 0.15) is 0 Å². The lowest BCUT2D eigenvalue weighted by Crippen LogP contribution is -2.35. The molecular formula is C16H18N6. The zero-order chi connectivity index (χ0) is 15.4. The molecule has 2 heterocycles. The second-order valence-electron chi connectivity index (χ2n) is 5.65. The highest BCUT2D eigenvalue weighted by atomic mass is 15.3.